The molecule has 0 aromatic heterocycles. The second kappa shape index (κ2) is 4.95. The van der Waals surface area contributed by atoms with Crippen LogP contribution in [0.25, 0.3) is 10.8 Å². The van der Waals surface area contributed by atoms with Gasteiger partial charge in [-0.3, -0.25) is 9.11 Å². The zero-order valence-corrected chi connectivity index (χ0v) is 12.7. The molecule has 0 saturated heterocycles. The predicted octanol–water partition coefficient (Wildman–Crippen LogP) is 1.65. The molecule has 0 spiro atoms. The quantitative estimate of drug-likeness (QED) is 0.820. The molecule has 2 rings (SSSR count). The molecule has 0 fully saturated rings. The van der Waals surface area contributed by atoms with E-state index in [1.54, 1.807) is 6.92 Å². The third-order valence-corrected chi connectivity index (χ3v) is 4.64. The van der Waals surface area contributed by atoms with Gasteiger partial charge in [0.05, 0.1) is 16.9 Å². The van der Waals surface area contributed by atoms with Gasteiger partial charge >= 0.3 is 0 Å². The van der Waals surface area contributed by atoms with Crippen molar-refractivity contribution in [1.29, 1.82) is 0 Å². The van der Waals surface area contributed by atoms with Crippen LogP contribution in [0.3, 0.4) is 0 Å². The molecule has 0 radical (unpaired) electrons. The molecule has 21 heavy (non-hydrogen) atoms. The van der Waals surface area contributed by atoms with E-state index in [0.29, 0.717) is 10.9 Å². The molecule has 0 amide bonds. The Kier molecular flexibility index (Phi) is 3.70. The van der Waals surface area contributed by atoms with Crippen LogP contribution < -0.4 is 4.74 Å². The lowest BCUT2D eigenvalue weighted by Crippen LogP contribution is -2.02. The van der Waals surface area contributed by atoms with E-state index in [2.05, 4.69) is 0 Å². The highest BCUT2D eigenvalue weighted by Crippen LogP contribution is 2.33. The molecular weight excluding hydrogens is 320 g/mol. The second-order valence-electron chi connectivity index (χ2n) is 4.41. The normalized spacial score (nSPS) is 12.6. The molecular formula is C12H12O7S2. The number of hydrogen-bond acceptors (Lipinski definition) is 5. The maximum Gasteiger partial charge on any atom is 0.294 e. The Balaban J connectivity index is 2.97. The van der Waals surface area contributed by atoms with Crippen LogP contribution in [-0.2, 0) is 20.2 Å². The fraction of sp³-hybridized carbons (Fsp3) is 0.167. The summed E-state index contributed by atoms with van der Waals surface area (Å²) in [4.78, 5) is -0.805. The van der Waals surface area contributed by atoms with E-state index in [9.17, 15) is 16.8 Å². The average molecular weight is 332 g/mol. The Morgan fingerprint density at radius 3 is 1.81 bits per heavy atom. The highest BCUT2D eigenvalue weighted by atomic mass is 32.2. The highest BCUT2D eigenvalue weighted by Gasteiger charge is 2.18. The first-order chi connectivity index (χ1) is 9.54. The van der Waals surface area contributed by atoms with Crippen molar-refractivity contribution in [3.8, 4) is 5.75 Å². The van der Waals surface area contributed by atoms with E-state index >= 15 is 0 Å². The summed E-state index contributed by atoms with van der Waals surface area (Å²) >= 11 is 0. The Hall–Kier alpha value is -1.68. The number of rotatable bonds is 3. The van der Waals surface area contributed by atoms with Crippen molar-refractivity contribution in [2.75, 3.05) is 7.11 Å². The summed E-state index contributed by atoms with van der Waals surface area (Å²) in [7, 11) is -7.60. The fourth-order valence-electron chi connectivity index (χ4n) is 2.09. The van der Waals surface area contributed by atoms with Crippen molar-refractivity contribution < 1.29 is 30.7 Å². The minimum absolute atomic E-state index is 0.166. The van der Waals surface area contributed by atoms with Crippen molar-refractivity contribution in [2.45, 2.75) is 16.7 Å². The van der Waals surface area contributed by atoms with Crippen molar-refractivity contribution in [2.24, 2.45) is 0 Å². The van der Waals surface area contributed by atoms with Crippen molar-refractivity contribution in [1.82, 2.24) is 0 Å². The molecule has 2 N–H and O–H groups in total. The standard InChI is InChI=1S/C12H12O7S2/c1-7-3-9(20(13,14)15)4-8-5-10(21(16,17)18)6-11(19-2)12(7)8/h3-6H,1-2H3,(H,13,14,15)(H,16,17,18). The van der Waals surface area contributed by atoms with Crippen LogP contribution in [-0.4, -0.2) is 33.1 Å². The van der Waals surface area contributed by atoms with Gasteiger partial charge in [0.1, 0.15) is 5.75 Å². The van der Waals surface area contributed by atoms with Crippen LogP contribution in [0.4, 0.5) is 0 Å². The van der Waals surface area contributed by atoms with Crippen LogP contribution in [0, 0.1) is 6.92 Å². The van der Waals surface area contributed by atoms with Crippen LogP contribution in [0.1, 0.15) is 5.56 Å². The molecule has 0 aliphatic carbocycles. The molecule has 0 saturated carbocycles. The molecule has 114 valence electrons. The van der Waals surface area contributed by atoms with Gasteiger partial charge in [0.2, 0.25) is 0 Å². The lowest BCUT2D eigenvalue weighted by atomic mass is 10.0. The van der Waals surface area contributed by atoms with Gasteiger partial charge in [-0.25, -0.2) is 0 Å². The summed E-state index contributed by atoms with van der Waals surface area (Å²) in [6.07, 6.45) is 0. The van der Waals surface area contributed by atoms with Gasteiger partial charge in [0, 0.05) is 11.5 Å². The molecule has 7 nitrogen and oxygen atoms in total. The van der Waals surface area contributed by atoms with Crippen LogP contribution >= 0.6 is 0 Å². The molecule has 0 aliphatic rings. The number of aryl methyl sites for hydroxylation is 1. The number of methoxy groups -OCH3 is 1. The maximum atomic E-state index is 11.2. The molecule has 2 aromatic rings. The minimum atomic E-state index is -4.48. The van der Waals surface area contributed by atoms with E-state index in [4.69, 9.17) is 13.8 Å². The molecule has 9 heteroatoms. The van der Waals surface area contributed by atoms with Gasteiger partial charge < -0.3 is 4.74 Å². The maximum absolute atomic E-state index is 11.2. The largest absolute Gasteiger partial charge is 0.496 e. The Morgan fingerprint density at radius 1 is 0.905 bits per heavy atom. The second-order valence-corrected chi connectivity index (χ2v) is 7.26. The number of ether oxygens (including phenoxy) is 1. The monoisotopic (exact) mass is 332 g/mol. The van der Waals surface area contributed by atoms with Crippen molar-refractivity contribution >= 4 is 31.0 Å². The van der Waals surface area contributed by atoms with Gasteiger partial charge in [0.15, 0.2) is 0 Å². The Labute approximate surface area is 121 Å². The first kappa shape index (κ1) is 15.7. The van der Waals surface area contributed by atoms with Gasteiger partial charge in [-0.1, -0.05) is 0 Å². The topological polar surface area (TPSA) is 118 Å². The Morgan fingerprint density at radius 2 is 1.38 bits per heavy atom. The summed E-state index contributed by atoms with van der Waals surface area (Å²) in [5, 5.41) is 0.687. The van der Waals surface area contributed by atoms with Gasteiger partial charge in [-0.2, -0.15) is 16.8 Å². The molecule has 2 aromatic carbocycles. The highest BCUT2D eigenvalue weighted by molar-refractivity contribution is 7.86. The van der Waals surface area contributed by atoms with Crippen LogP contribution in [0.5, 0.6) is 5.75 Å². The number of fused-ring (bicyclic) bond motifs is 1. The lowest BCUT2D eigenvalue weighted by molar-refractivity contribution is 0.417. The SMILES string of the molecule is COc1cc(S(=O)(=O)O)cc2cc(S(=O)(=O)O)cc(C)c12. The molecule has 0 aliphatic heterocycles. The summed E-state index contributed by atoms with van der Waals surface area (Å²) in [6, 6.07) is 4.59. The molecule has 0 unspecified atom stereocenters. The summed E-state index contributed by atoms with van der Waals surface area (Å²) in [5.74, 6) is 0.166. The van der Waals surface area contributed by atoms with Crippen LogP contribution in [0.15, 0.2) is 34.1 Å². The third-order valence-electron chi connectivity index (χ3n) is 2.97. The third kappa shape index (κ3) is 3.00. The smallest absolute Gasteiger partial charge is 0.294 e. The van der Waals surface area contributed by atoms with E-state index in [0.717, 1.165) is 18.2 Å². The molecule has 0 heterocycles. The predicted molar refractivity (Wildman–Crippen MR) is 74.9 cm³/mol. The zero-order valence-electron chi connectivity index (χ0n) is 11.1. The van der Waals surface area contributed by atoms with E-state index < -0.39 is 25.1 Å². The first-order valence-electron chi connectivity index (χ1n) is 5.61. The summed E-state index contributed by atoms with van der Waals surface area (Å²) in [6.45, 7) is 1.59. The molecule has 0 bridgehead atoms. The number of hydrogen-bond donors (Lipinski definition) is 2. The van der Waals surface area contributed by atoms with E-state index in [1.807, 2.05) is 0 Å². The summed E-state index contributed by atoms with van der Waals surface area (Å²) < 4.78 is 68.2. The van der Waals surface area contributed by atoms with E-state index in [1.165, 1.54) is 13.2 Å². The fourth-order valence-corrected chi connectivity index (χ4v) is 3.22. The first-order valence-corrected chi connectivity index (χ1v) is 8.49. The Bertz CT molecular complexity index is 922. The van der Waals surface area contributed by atoms with Crippen molar-refractivity contribution in [3.05, 3.63) is 29.8 Å². The molecule has 0 atom stereocenters. The summed E-state index contributed by atoms with van der Waals surface area (Å²) in [5.41, 5.74) is 0.471. The van der Waals surface area contributed by atoms with Gasteiger partial charge in [-0.15, -0.1) is 0 Å². The van der Waals surface area contributed by atoms with E-state index in [-0.39, 0.29) is 16.0 Å². The van der Waals surface area contributed by atoms with Crippen LogP contribution in [0.2, 0.25) is 0 Å². The van der Waals surface area contributed by atoms with Gasteiger partial charge in [-0.05, 0) is 36.1 Å². The number of benzene rings is 2. The lowest BCUT2D eigenvalue weighted by Gasteiger charge is -2.11. The minimum Gasteiger partial charge on any atom is -0.496 e. The zero-order chi connectivity index (χ0) is 16.0. The van der Waals surface area contributed by atoms with Crippen molar-refractivity contribution in [3.63, 3.8) is 0 Å². The average Bonchev–Trinajstić information content (AvgIpc) is 2.34. The van der Waals surface area contributed by atoms with Gasteiger partial charge in [0.25, 0.3) is 20.2 Å².